The molecule has 5 nitrogen and oxygen atoms in total. The molecule has 1 fully saturated rings. The van der Waals surface area contributed by atoms with Crippen LogP contribution in [0.2, 0.25) is 0 Å². The van der Waals surface area contributed by atoms with Crippen LogP contribution in [0.5, 0.6) is 0 Å². The number of aryl methyl sites for hydroxylation is 1. The molecular formula is C19H24N2O3S2. The van der Waals surface area contributed by atoms with Gasteiger partial charge in [-0.25, -0.2) is 13.1 Å². The van der Waals surface area contributed by atoms with Gasteiger partial charge < -0.3 is 4.90 Å². The predicted molar refractivity (Wildman–Crippen MR) is 104 cm³/mol. The molecule has 2 aromatic rings. The highest BCUT2D eigenvalue weighted by molar-refractivity contribution is 7.89. The fourth-order valence-electron chi connectivity index (χ4n) is 3.16. The summed E-state index contributed by atoms with van der Waals surface area (Å²) in [7, 11) is -3.49. The Kier molecular flexibility index (Phi) is 6.45. The van der Waals surface area contributed by atoms with E-state index < -0.39 is 10.0 Å². The summed E-state index contributed by atoms with van der Waals surface area (Å²) in [6.45, 7) is 1.22. The van der Waals surface area contributed by atoms with Crippen molar-refractivity contribution in [2.45, 2.75) is 43.0 Å². The van der Waals surface area contributed by atoms with Crippen molar-refractivity contribution in [2.24, 2.45) is 0 Å². The average molecular weight is 393 g/mol. The number of hydrogen-bond acceptors (Lipinski definition) is 4. The number of carbonyl (C=O) groups is 1. The number of hydrogen-bond donors (Lipinski definition) is 1. The van der Waals surface area contributed by atoms with Crippen molar-refractivity contribution in [1.29, 1.82) is 0 Å². The standard InChI is InChI=1S/C19H24N2O3S2/c22-19(10-4-6-17-7-5-15-25-17)21-13-11-16(12-14-21)20-26(23,24)18-8-2-1-3-9-18/h1-3,5,7-9,15-16,20H,4,6,10-14H2. The van der Waals surface area contributed by atoms with E-state index in [1.54, 1.807) is 41.7 Å². The smallest absolute Gasteiger partial charge is 0.240 e. The largest absolute Gasteiger partial charge is 0.343 e. The second-order valence-electron chi connectivity index (χ2n) is 6.52. The molecule has 3 rings (SSSR count). The van der Waals surface area contributed by atoms with Crippen LogP contribution in [0, 0.1) is 0 Å². The molecule has 0 atom stereocenters. The van der Waals surface area contributed by atoms with E-state index in [0.717, 1.165) is 12.8 Å². The van der Waals surface area contributed by atoms with E-state index in [-0.39, 0.29) is 16.8 Å². The van der Waals surface area contributed by atoms with Crippen molar-refractivity contribution < 1.29 is 13.2 Å². The van der Waals surface area contributed by atoms with Crippen molar-refractivity contribution in [2.75, 3.05) is 13.1 Å². The average Bonchev–Trinajstić information content (AvgIpc) is 3.16. The van der Waals surface area contributed by atoms with Crippen molar-refractivity contribution >= 4 is 27.3 Å². The number of nitrogens with one attached hydrogen (secondary N) is 1. The summed E-state index contributed by atoms with van der Waals surface area (Å²) in [6, 6.07) is 12.4. The first kappa shape index (κ1) is 19.1. The fraction of sp³-hybridized carbons (Fsp3) is 0.421. The van der Waals surface area contributed by atoms with Crippen LogP contribution < -0.4 is 4.72 Å². The number of likely N-dealkylation sites (tertiary alicyclic amines) is 1. The second kappa shape index (κ2) is 8.79. The predicted octanol–water partition coefficient (Wildman–Crippen LogP) is 3.04. The summed E-state index contributed by atoms with van der Waals surface area (Å²) in [4.78, 5) is 15.8. The fourth-order valence-corrected chi connectivity index (χ4v) is 5.24. The monoisotopic (exact) mass is 392 g/mol. The molecule has 140 valence electrons. The van der Waals surface area contributed by atoms with Crippen molar-refractivity contribution in [3.8, 4) is 0 Å². The Bertz CT molecular complexity index is 797. The highest BCUT2D eigenvalue weighted by Gasteiger charge is 2.26. The summed E-state index contributed by atoms with van der Waals surface area (Å²) < 4.78 is 27.5. The Morgan fingerprint density at radius 3 is 2.50 bits per heavy atom. The lowest BCUT2D eigenvalue weighted by Gasteiger charge is -2.32. The number of benzene rings is 1. The highest BCUT2D eigenvalue weighted by atomic mass is 32.2. The lowest BCUT2D eigenvalue weighted by atomic mass is 10.1. The molecule has 0 spiro atoms. The minimum Gasteiger partial charge on any atom is -0.343 e. The van der Waals surface area contributed by atoms with E-state index in [9.17, 15) is 13.2 Å². The van der Waals surface area contributed by atoms with Gasteiger partial charge in [-0.15, -0.1) is 11.3 Å². The second-order valence-corrected chi connectivity index (χ2v) is 9.27. The van der Waals surface area contributed by atoms with Gasteiger partial charge in [0.25, 0.3) is 0 Å². The number of rotatable bonds is 7. The summed E-state index contributed by atoms with van der Waals surface area (Å²) in [5.74, 6) is 0.172. The van der Waals surface area contributed by atoms with Crippen LogP contribution in [0.1, 0.15) is 30.6 Å². The van der Waals surface area contributed by atoms with Crippen LogP contribution in [0.25, 0.3) is 0 Å². The van der Waals surface area contributed by atoms with E-state index in [2.05, 4.69) is 16.2 Å². The van der Waals surface area contributed by atoms with E-state index in [0.29, 0.717) is 32.4 Å². The Hall–Kier alpha value is -1.70. The highest BCUT2D eigenvalue weighted by Crippen LogP contribution is 2.17. The van der Waals surface area contributed by atoms with Crippen molar-refractivity contribution in [1.82, 2.24) is 9.62 Å². The van der Waals surface area contributed by atoms with E-state index in [4.69, 9.17) is 0 Å². The van der Waals surface area contributed by atoms with Crippen LogP contribution in [-0.2, 0) is 21.2 Å². The SMILES string of the molecule is O=C(CCCc1cccs1)N1CCC(NS(=O)(=O)c2ccccc2)CC1. The first-order chi connectivity index (χ1) is 12.5. The van der Waals surface area contributed by atoms with Crippen LogP contribution in [-0.4, -0.2) is 38.4 Å². The quantitative estimate of drug-likeness (QED) is 0.788. The molecule has 7 heteroatoms. The van der Waals surface area contributed by atoms with Gasteiger partial charge in [-0.1, -0.05) is 24.3 Å². The maximum Gasteiger partial charge on any atom is 0.240 e. The van der Waals surface area contributed by atoms with Crippen molar-refractivity contribution in [3.05, 3.63) is 52.7 Å². The van der Waals surface area contributed by atoms with Crippen molar-refractivity contribution in [3.63, 3.8) is 0 Å². The molecular weight excluding hydrogens is 368 g/mol. The first-order valence-electron chi connectivity index (χ1n) is 8.92. The van der Waals surface area contributed by atoms with Crippen LogP contribution in [0.4, 0.5) is 0 Å². The van der Waals surface area contributed by atoms with Gasteiger partial charge in [0.15, 0.2) is 0 Å². The Morgan fingerprint density at radius 2 is 1.85 bits per heavy atom. The molecule has 1 aliphatic rings. The molecule has 1 aromatic carbocycles. The molecule has 1 saturated heterocycles. The molecule has 26 heavy (non-hydrogen) atoms. The topological polar surface area (TPSA) is 66.5 Å². The number of piperidine rings is 1. The first-order valence-corrected chi connectivity index (χ1v) is 11.3. The number of amides is 1. The lowest BCUT2D eigenvalue weighted by molar-refractivity contribution is -0.132. The number of sulfonamides is 1. The zero-order chi connectivity index (χ0) is 18.4. The normalized spacial score (nSPS) is 15.9. The molecule has 1 aromatic heterocycles. The summed E-state index contributed by atoms with van der Waals surface area (Å²) in [6.07, 6.45) is 3.67. The molecule has 0 saturated carbocycles. The minimum absolute atomic E-state index is 0.115. The molecule has 0 radical (unpaired) electrons. The molecule has 1 amide bonds. The molecule has 0 aliphatic carbocycles. The van der Waals surface area contributed by atoms with Gasteiger partial charge in [-0.05, 0) is 49.3 Å². The third-order valence-corrected chi connectivity index (χ3v) is 7.09. The lowest BCUT2D eigenvalue weighted by Crippen LogP contribution is -2.46. The van der Waals surface area contributed by atoms with Gasteiger partial charge in [0.2, 0.25) is 15.9 Å². The Labute approximate surface area is 159 Å². The number of carbonyl (C=O) groups excluding carboxylic acids is 1. The van der Waals surface area contributed by atoms with Gasteiger partial charge in [0.05, 0.1) is 4.90 Å². The van der Waals surface area contributed by atoms with Crippen LogP contribution in [0.3, 0.4) is 0 Å². The third kappa shape index (κ3) is 5.16. The molecule has 1 N–H and O–H groups in total. The summed E-state index contributed by atoms with van der Waals surface area (Å²) >= 11 is 1.72. The Morgan fingerprint density at radius 1 is 1.12 bits per heavy atom. The Balaban J connectivity index is 1.43. The van der Waals surface area contributed by atoms with Gasteiger partial charge in [-0.2, -0.15) is 0 Å². The molecule has 0 unspecified atom stereocenters. The van der Waals surface area contributed by atoms with E-state index in [1.165, 1.54) is 4.88 Å². The summed E-state index contributed by atoms with van der Waals surface area (Å²) in [5, 5.41) is 2.05. The zero-order valence-electron chi connectivity index (χ0n) is 14.6. The summed E-state index contributed by atoms with van der Waals surface area (Å²) in [5.41, 5.74) is 0. The van der Waals surface area contributed by atoms with Crippen LogP contribution >= 0.6 is 11.3 Å². The van der Waals surface area contributed by atoms with Gasteiger partial charge in [-0.3, -0.25) is 4.79 Å². The van der Waals surface area contributed by atoms with E-state index >= 15 is 0 Å². The van der Waals surface area contributed by atoms with E-state index in [1.807, 2.05) is 11.0 Å². The maximum absolute atomic E-state index is 12.4. The van der Waals surface area contributed by atoms with Gasteiger partial charge in [0.1, 0.15) is 0 Å². The number of thiophene rings is 1. The minimum atomic E-state index is -3.49. The zero-order valence-corrected chi connectivity index (χ0v) is 16.3. The number of nitrogens with zero attached hydrogens (tertiary/aromatic N) is 1. The molecule has 0 bridgehead atoms. The molecule has 1 aliphatic heterocycles. The third-order valence-electron chi connectivity index (χ3n) is 4.62. The molecule has 2 heterocycles. The van der Waals surface area contributed by atoms with Gasteiger partial charge in [0, 0.05) is 30.4 Å². The maximum atomic E-state index is 12.4. The van der Waals surface area contributed by atoms with Gasteiger partial charge >= 0.3 is 0 Å². The van der Waals surface area contributed by atoms with Crippen LogP contribution in [0.15, 0.2) is 52.7 Å².